The summed E-state index contributed by atoms with van der Waals surface area (Å²) in [4.78, 5) is 8.34. The molecule has 0 radical (unpaired) electrons. The number of halogens is 1. The molecule has 1 aromatic heterocycles. The summed E-state index contributed by atoms with van der Waals surface area (Å²) in [6, 6.07) is 16.8. The first-order chi connectivity index (χ1) is 11.5. The van der Waals surface area contributed by atoms with Crippen LogP contribution in [-0.2, 0) is 0 Å². The van der Waals surface area contributed by atoms with Crippen LogP contribution in [0.4, 0.5) is 0 Å². The summed E-state index contributed by atoms with van der Waals surface area (Å²) in [6.07, 6.45) is 0. The summed E-state index contributed by atoms with van der Waals surface area (Å²) in [7, 11) is 0. The number of rotatable bonds is 4. The van der Waals surface area contributed by atoms with Crippen LogP contribution in [0.2, 0.25) is 0 Å². The molecule has 0 aliphatic carbocycles. The summed E-state index contributed by atoms with van der Waals surface area (Å²) in [5.74, 6) is 1.19. The highest BCUT2D eigenvalue weighted by Crippen LogP contribution is 2.36. The first kappa shape index (κ1) is 16.8. The topological polar surface area (TPSA) is 28.7 Å². The van der Waals surface area contributed by atoms with E-state index >= 15 is 0 Å². The number of aromatic amines is 1. The number of hydrogen-bond acceptors (Lipinski definition) is 1. The van der Waals surface area contributed by atoms with E-state index in [0.29, 0.717) is 5.92 Å². The van der Waals surface area contributed by atoms with Crippen molar-refractivity contribution in [2.24, 2.45) is 5.92 Å². The average Bonchev–Trinajstić information content (AvgIpc) is 3.00. The van der Waals surface area contributed by atoms with Crippen molar-refractivity contribution in [3.8, 4) is 22.6 Å². The number of H-pyrrole nitrogens is 1. The molecule has 3 aromatic rings. The highest BCUT2D eigenvalue weighted by molar-refractivity contribution is 6.21. The molecule has 0 saturated carbocycles. The summed E-state index contributed by atoms with van der Waals surface area (Å²) in [5, 5.41) is -0.104. The zero-order valence-electron chi connectivity index (χ0n) is 14.6. The van der Waals surface area contributed by atoms with Gasteiger partial charge in [0.2, 0.25) is 0 Å². The molecule has 0 bridgehead atoms. The molecule has 0 amide bonds. The molecule has 2 aromatic carbocycles. The molecule has 1 unspecified atom stereocenters. The average molecular weight is 339 g/mol. The standard InChI is InChI=1S/C21H23ClN2/c1-13(2)18(22)20-19(16-9-5-14(3)6-10-16)23-21(24-20)17-11-7-15(4)8-12-17/h5-13,18H,1-4H3,(H,23,24). The third kappa shape index (κ3) is 3.39. The van der Waals surface area contributed by atoms with Crippen LogP contribution in [0, 0.1) is 19.8 Å². The molecule has 1 atom stereocenters. The van der Waals surface area contributed by atoms with Gasteiger partial charge in [0.15, 0.2) is 0 Å². The molecule has 0 aliphatic rings. The Labute approximate surface area is 148 Å². The van der Waals surface area contributed by atoms with Crippen molar-refractivity contribution in [2.45, 2.75) is 33.1 Å². The largest absolute Gasteiger partial charge is 0.340 e. The number of aromatic nitrogens is 2. The van der Waals surface area contributed by atoms with Gasteiger partial charge < -0.3 is 4.98 Å². The first-order valence-electron chi connectivity index (χ1n) is 8.33. The number of nitrogens with zero attached hydrogens (tertiary/aromatic N) is 1. The van der Waals surface area contributed by atoms with Crippen LogP contribution in [0.25, 0.3) is 22.6 Å². The minimum atomic E-state index is -0.104. The first-order valence-corrected chi connectivity index (χ1v) is 8.77. The number of aryl methyl sites for hydroxylation is 2. The van der Waals surface area contributed by atoms with Crippen LogP contribution in [0.1, 0.15) is 36.0 Å². The van der Waals surface area contributed by atoms with Gasteiger partial charge in [0.05, 0.1) is 16.8 Å². The fourth-order valence-electron chi connectivity index (χ4n) is 2.70. The summed E-state index contributed by atoms with van der Waals surface area (Å²) < 4.78 is 0. The lowest BCUT2D eigenvalue weighted by molar-refractivity contribution is 0.615. The Hall–Kier alpha value is -2.06. The van der Waals surface area contributed by atoms with E-state index in [0.717, 1.165) is 28.3 Å². The fourth-order valence-corrected chi connectivity index (χ4v) is 2.86. The van der Waals surface area contributed by atoms with Gasteiger partial charge in [-0.1, -0.05) is 73.5 Å². The van der Waals surface area contributed by atoms with Gasteiger partial charge in [-0.2, -0.15) is 0 Å². The Kier molecular flexibility index (Phi) is 4.77. The minimum absolute atomic E-state index is 0.104. The van der Waals surface area contributed by atoms with Crippen molar-refractivity contribution in [3.05, 3.63) is 65.4 Å². The van der Waals surface area contributed by atoms with Gasteiger partial charge in [-0.05, 0) is 19.8 Å². The van der Waals surface area contributed by atoms with E-state index in [1.807, 2.05) is 0 Å². The molecule has 2 nitrogen and oxygen atoms in total. The van der Waals surface area contributed by atoms with Crippen LogP contribution in [-0.4, -0.2) is 9.97 Å². The normalized spacial score (nSPS) is 12.6. The Balaban J connectivity index is 2.11. The van der Waals surface area contributed by atoms with Crippen molar-refractivity contribution in [1.29, 1.82) is 0 Å². The SMILES string of the molecule is Cc1ccc(-c2nc(-c3ccc(C)cc3)c(C(Cl)C(C)C)[nH]2)cc1. The van der Waals surface area contributed by atoms with E-state index in [1.54, 1.807) is 0 Å². The van der Waals surface area contributed by atoms with Crippen molar-refractivity contribution in [1.82, 2.24) is 9.97 Å². The van der Waals surface area contributed by atoms with E-state index in [2.05, 4.69) is 81.2 Å². The molecule has 3 heteroatoms. The molecule has 24 heavy (non-hydrogen) atoms. The van der Waals surface area contributed by atoms with Crippen LogP contribution in [0.5, 0.6) is 0 Å². The predicted octanol–water partition coefficient (Wildman–Crippen LogP) is 6.30. The summed E-state index contributed by atoms with van der Waals surface area (Å²) in [6.45, 7) is 8.43. The van der Waals surface area contributed by atoms with E-state index in [-0.39, 0.29) is 5.38 Å². The monoisotopic (exact) mass is 338 g/mol. The maximum Gasteiger partial charge on any atom is 0.138 e. The maximum absolute atomic E-state index is 6.68. The molecule has 1 heterocycles. The fraction of sp³-hybridized carbons (Fsp3) is 0.286. The lowest BCUT2D eigenvalue weighted by Crippen LogP contribution is -2.01. The molecule has 3 rings (SSSR count). The number of alkyl halides is 1. The van der Waals surface area contributed by atoms with Gasteiger partial charge in [-0.15, -0.1) is 11.6 Å². The third-order valence-corrected chi connectivity index (χ3v) is 4.97. The predicted molar refractivity (Wildman–Crippen MR) is 102 cm³/mol. The number of hydrogen-bond donors (Lipinski definition) is 1. The molecule has 0 spiro atoms. The number of benzene rings is 2. The second-order valence-electron chi connectivity index (χ2n) is 6.73. The molecule has 0 saturated heterocycles. The quantitative estimate of drug-likeness (QED) is 0.556. The highest BCUT2D eigenvalue weighted by atomic mass is 35.5. The number of imidazole rings is 1. The molecule has 1 N–H and O–H groups in total. The van der Waals surface area contributed by atoms with Gasteiger partial charge >= 0.3 is 0 Å². The van der Waals surface area contributed by atoms with E-state index in [4.69, 9.17) is 16.6 Å². The number of nitrogens with one attached hydrogen (secondary N) is 1. The molecule has 0 fully saturated rings. The summed E-state index contributed by atoms with van der Waals surface area (Å²) >= 11 is 6.68. The van der Waals surface area contributed by atoms with Gasteiger partial charge in [-0.25, -0.2) is 4.98 Å². The third-order valence-electron chi connectivity index (χ3n) is 4.24. The Morgan fingerprint density at radius 1 is 0.833 bits per heavy atom. The molecular weight excluding hydrogens is 316 g/mol. The zero-order valence-corrected chi connectivity index (χ0v) is 15.4. The van der Waals surface area contributed by atoms with Gasteiger partial charge in [0.25, 0.3) is 0 Å². The lowest BCUT2D eigenvalue weighted by Gasteiger charge is -2.13. The zero-order chi connectivity index (χ0) is 17.3. The van der Waals surface area contributed by atoms with Crippen LogP contribution >= 0.6 is 11.6 Å². The van der Waals surface area contributed by atoms with Crippen LogP contribution in [0.15, 0.2) is 48.5 Å². The van der Waals surface area contributed by atoms with E-state index in [9.17, 15) is 0 Å². The Bertz CT molecular complexity index is 814. The highest BCUT2D eigenvalue weighted by Gasteiger charge is 2.22. The second-order valence-corrected chi connectivity index (χ2v) is 7.20. The van der Waals surface area contributed by atoms with E-state index < -0.39 is 0 Å². The van der Waals surface area contributed by atoms with Crippen molar-refractivity contribution in [3.63, 3.8) is 0 Å². The van der Waals surface area contributed by atoms with Crippen molar-refractivity contribution >= 4 is 11.6 Å². The Morgan fingerprint density at radius 3 is 1.83 bits per heavy atom. The lowest BCUT2D eigenvalue weighted by atomic mass is 10.0. The van der Waals surface area contributed by atoms with Crippen molar-refractivity contribution < 1.29 is 0 Å². The molecular formula is C21H23ClN2. The van der Waals surface area contributed by atoms with Crippen LogP contribution in [0.3, 0.4) is 0 Å². The second kappa shape index (κ2) is 6.82. The van der Waals surface area contributed by atoms with Gasteiger partial charge in [-0.3, -0.25) is 0 Å². The smallest absolute Gasteiger partial charge is 0.138 e. The molecule has 124 valence electrons. The van der Waals surface area contributed by atoms with Gasteiger partial charge in [0, 0.05) is 11.1 Å². The van der Waals surface area contributed by atoms with Gasteiger partial charge in [0.1, 0.15) is 5.82 Å². The van der Waals surface area contributed by atoms with Crippen LogP contribution < -0.4 is 0 Å². The van der Waals surface area contributed by atoms with Crippen molar-refractivity contribution in [2.75, 3.05) is 0 Å². The summed E-state index contributed by atoms with van der Waals surface area (Å²) in [5.41, 5.74) is 6.58. The minimum Gasteiger partial charge on any atom is -0.340 e. The molecule has 0 aliphatic heterocycles. The maximum atomic E-state index is 6.68. The Morgan fingerprint density at radius 2 is 1.33 bits per heavy atom. The van der Waals surface area contributed by atoms with E-state index in [1.165, 1.54) is 11.1 Å².